The van der Waals surface area contributed by atoms with Gasteiger partial charge in [0.15, 0.2) is 0 Å². The number of pyridine rings is 1. The smallest absolute Gasteiger partial charge is 0.235 e. The summed E-state index contributed by atoms with van der Waals surface area (Å²) in [4.78, 5) is 17.5. The van der Waals surface area contributed by atoms with Gasteiger partial charge >= 0.3 is 0 Å². The Kier molecular flexibility index (Phi) is 4.34. The number of hydrogen-bond donors (Lipinski definition) is 0. The van der Waals surface area contributed by atoms with Gasteiger partial charge in [-0.1, -0.05) is 38.2 Å². The van der Waals surface area contributed by atoms with Crippen LogP contribution in [0.2, 0.25) is 0 Å². The van der Waals surface area contributed by atoms with Crippen molar-refractivity contribution < 1.29 is 4.79 Å². The summed E-state index contributed by atoms with van der Waals surface area (Å²) in [5.74, 6) is 0.459. The largest absolute Gasteiger partial charge is 0.274 e. The third-order valence-electron chi connectivity index (χ3n) is 4.67. The van der Waals surface area contributed by atoms with Crippen LogP contribution in [0.3, 0.4) is 0 Å². The summed E-state index contributed by atoms with van der Waals surface area (Å²) in [6.07, 6.45) is 12.6. The first-order valence-electron chi connectivity index (χ1n) is 8.10. The second kappa shape index (κ2) is 6.38. The first-order valence-corrected chi connectivity index (χ1v) is 8.10. The average Bonchev–Trinajstić information content (AvgIpc) is 3.02. The molecule has 0 amide bonds. The second-order valence-corrected chi connectivity index (χ2v) is 6.17. The first-order chi connectivity index (χ1) is 9.84. The normalized spacial score (nSPS) is 22.3. The summed E-state index contributed by atoms with van der Waals surface area (Å²) >= 11 is 0. The molecule has 0 spiro atoms. The zero-order valence-electron chi connectivity index (χ0n) is 12.1. The van der Waals surface area contributed by atoms with Gasteiger partial charge in [0.25, 0.3) is 0 Å². The maximum atomic E-state index is 12.6. The Morgan fingerprint density at radius 3 is 2.45 bits per heavy atom. The lowest BCUT2D eigenvalue weighted by Gasteiger charge is -2.18. The summed E-state index contributed by atoms with van der Waals surface area (Å²) in [7, 11) is 0. The van der Waals surface area contributed by atoms with E-state index < -0.39 is 0 Å². The van der Waals surface area contributed by atoms with Crippen LogP contribution < -0.4 is 5.49 Å². The average molecular weight is 272 g/mol. The molecule has 20 heavy (non-hydrogen) atoms. The number of hydrogen-bond acceptors (Lipinski definition) is 2. The number of aromatic nitrogens is 1. The van der Waals surface area contributed by atoms with Crippen LogP contribution in [0.15, 0.2) is 29.4 Å². The molecule has 0 saturated heterocycles. The topological polar surface area (TPSA) is 34.4 Å². The molecule has 2 aliphatic carbocycles. The molecule has 0 bridgehead atoms. The van der Waals surface area contributed by atoms with Crippen LogP contribution in [0.1, 0.15) is 62.6 Å². The lowest BCUT2D eigenvalue weighted by molar-refractivity contribution is 0.0831. The maximum Gasteiger partial charge on any atom is 0.235 e. The van der Waals surface area contributed by atoms with Crippen molar-refractivity contribution >= 4 is 5.91 Å². The lowest BCUT2D eigenvalue weighted by Crippen LogP contribution is -2.32. The van der Waals surface area contributed by atoms with Crippen molar-refractivity contribution in [2.24, 2.45) is 10.9 Å². The lowest BCUT2D eigenvalue weighted by atomic mass is 9.96. The molecular formula is C17H24N2O. The van der Waals surface area contributed by atoms with Gasteiger partial charge in [0.1, 0.15) is 5.49 Å². The first kappa shape index (κ1) is 13.6. The second-order valence-electron chi connectivity index (χ2n) is 6.17. The summed E-state index contributed by atoms with van der Waals surface area (Å²) < 4.78 is 1.80. The minimum Gasteiger partial charge on any atom is -0.274 e. The Labute approximate surface area is 120 Å². The molecule has 108 valence electrons. The van der Waals surface area contributed by atoms with E-state index in [2.05, 4.69) is 0 Å². The van der Waals surface area contributed by atoms with Crippen LogP contribution in [0, 0.1) is 5.92 Å². The summed E-state index contributed by atoms with van der Waals surface area (Å²) in [6.45, 7) is 0. The molecular weight excluding hydrogens is 248 g/mol. The van der Waals surface area contributed by atoms with Crippen molar-refractivity contribution in [3.8, 4) is 0 Å². The Morgan fingerprint density at radius 1 is 1.00 bits per heavy atom. The van der Waals surface area contributed by atoms with Crippen LogP contribution in [0.5, 0.6) is 0 Å². The molecule has 0 aromatic carbocycles. The van der Waals surface area contributed by atoms with Crippen molar-refractivity contribution in [2.75, 3.05) is 0 Å². The molecule has 0 atom stereocenters. The highest BCUT2D eigenvalue weighted by Gasteiger charge is 2.24. The Balaban J connectivity index is 1.87. The van der Waals surface area contributed by atoms with Crippen molar-refractivity contribution in [1.82, 2.24) is 4.57 Å². The minimum absolute atomic E-state index is 0.211. The molecule has 3 rings (SSSR count). The Hall–Kier alpha value is -1.38. The van der Waals surface area contributed by atoms with Crippen molar-refractivity contribution in [1.29, 1.82) is 0 Å². The SMILES string of the molecule is O=C(C1CCCC1)n1ccccc1=NC1CCCCC1. The van der Waals surface area contributed by atoms with E-state index in [-0.39, 0.29) is 11.8 Å². The number of carbonyl (C=O) groups excluding carboxylic acids is 1. The molecule has 2 fully saturated rings. The van der Waals surface area contributed by atoms with Crippen LogP contribution >= 0.6 is 0 Å². The fourth-order valence-electron chi connectivity index (χ4n) is 3.49. The van der Waals surface area contributed by atoms with Crippen LogP contribution in [0.25, 0.3) is 0 Å². The maximum absolute atomic E-state index is 12.6. The van der Waals surface area contributed by atoms with Crippen molar-refractivity contribution in [2.45, 2.75) is 63.8 Å². The molecule has 1 aromatic heterocycles. The molecule has 2 saturated carbocycles. The molecule has 3 nitrogen and oxygen atoms in total. The van der Waals surface area contributed by atoms with Gasteiger partial charge < -0.3 is 0 Å². The van der Waals surface area contributed by atoms with Gasteiger partial charge in [-0.15, -0.1) is 0 Å². The molecule has 0 unspecified atom stereocenters. The van der Waals surface area contributed by atoms with Gasteiger partial charge in [0.05, 0.1) is 6.04 Å². The zero-order valence-corrected chi connectivity index (χ0v) is 12.1. The van der Waals surface area contributed by atoms with Gasteiger partial charge in [0, 0.05) is 12.1 Å². The van der Waals surface area contributed by atoms with E-state index >= 15 is 0 Å². The number of nitrogens with zero attached hydrogens (tertiary/aromatic N) is 2. The highest BCUT2D eigenvalue weighted by Crippen LogP contribution is 2.25. The van der Waals surface area contributed by atoms with E-state index in [9.17, 15) is 4.79 Å². The fraction of sp³-hybridized carbons (Fsp3) is 0.647. The van der Waals surface area contributed by atoms with E-state index in [1.165, 1.54) is 44.9 Å². The quantitative estimate of drug-likeness (QED) is 0.810. The highest BCUT2D eigenvalue weighted by atomic mass is 16.2. The van der Waals surface area contributed by atoms with E-state index in [0.717, 1.165) is 18.3 Å². The number of carbonyl (C=O) groups is 1. The summed E-state index contributed by atoms with van der Waals surface area (Å²) in [5.41, 5.74) is 0.858. The van der Waals surface area contributed by atoms with E-state index in [1.807, 2.05) is 24.4 Å². The summed E-state index contributed by atoms with van der Waals surface area (Å²) in [6, 6.07) is 6.32. The van der Waals surface area contributed by atoms with Gasteiger partial charge in [-0.25, -0.2) is 0 Å². The van der Waals surface area contributed by atoms with Crippen LogP contribution in [-0.4, -0.2) is 16.5 Å². The van der Waals surface area contributed by atoms with E-state index in [4.69, 9.17) is 4.99 Å². The van der Waals surface area contributed by atoms with Crippen molar-refractivity contribution in [3.05, 3.63) is 29.9 Å². The zero-order chi connectivity index (χ0) is 13.8. The van der Waals surface area contributed by atoms with Gasteiger partial charge in [-0.05, 0) is 37.8 Å². The fourth-order valence-corrected chi connectivity index (χ4v) is 3.49. The Bertz CT molecular complexity index is 520. The van der Waals surface area contributed by atoms with Crippen LogP contribution in [-0.2, 0) is 0 Å². The van der Waals surface area contributed by atoms with E-state index in [1.54, 1.807) is 4.57 Å². The third-order valence-corrected chi connectivity index (χ3v) is 4.67. The minimum atomic E-state index is 0.211. The predicted octanol–water partition coefficient (Wildman–Crippen LogP) is 3.55. The van der Waals surface area contributed by atoms with Gasteiger partial charge in [-0.3, -0.25) is 14.4 Å². The molecule has 1 heterocycles. The highest BCUT2D eigenvalue weighted by molar-refractivity contribution is 5.81. The predicted molar refractivity (Wildman–Crippen MR) is 79.5 cm³/mol. The molecule has 0 radical (unpaired) electrons. The molecule has 0 N–H and O–H groups in total. The van der Waals surface area contributed by atoms with E-state index in [0.29, 0.717) is 6.04 Å². The van der Waals surface area contributed by atoms with Crippen LogP contribution in [0.4, 0.5) is 0 Å². The summed E-state index contributed by atoms with van der Waals surface area (Å²) in [5, 5.41) is 0. The van der Waals surface area contributed by atoms with Gasteiger partial charge in [0.2, 0.25) is 5.91 Å². The standard InChI is InChI=1S/C17H24N2O/c20-17(14-8-4-5-9-14)19-13-7-6-12-16(19)18-15-10-2-1-3-11-15/h6-7,12-15H,1-5,8-11H2. The number of rotatable bonds is 2. The molecule has 2 aliphatic rings. The molecule has 3 heteroatoms. The molecule has 1 aromatic rings. The molecule has 0 aliphatic heterocycles. The Morgan fingerprint density at radius 2 is 1.70 bits per heavy atom. The monoisotopic (exact) mass is 272 g/mol. The van der Waals surface area contributed by atoms with Gasteiger partial charge in [-0.2, -0.15) is 0 Å². The van der Waals surface area contributed by atoms with Crippen molar-refractivity contribution in [3.63, 3.8) is 0 Å². The third kappa shape index (κ3) is 3.02.